The molecule has 2 aliphatic rings. The standard InChI is InChI=1S/C8H15NO.ClH/c1-8(10)4-5-2-6(8)3-7(5)9;/h5-7,10H,2-4,9H2,1H3;1H/t5-,6-,7-,8+;/m0./s1. The zero-order valence-electron chi connectivity index (χ0n) is 6.79. The van der Waals surface area contributed by atoms with Crippen molar-refractivity contribution >= 4 is 12.4 Å². The molecule has 0 aromatic carbocycles. The van der Waals surface area contributed by atoms with Crippen LogP contribution in [0.4, 0.5) is 0 Å². The van der Waals surface area contributed by atoms with Crippen molar-refractivity contribution in [2.45, 2.75) is 37.8 Å². The van der Waals surface area contributed by atoms with Gasteiger partial charge in [0.05, 0.1) is 5.60 Å². The van der Waals surface area contributed by atoms with Crippen molar-refractivity contribution in [1.29, 1.82) is 0 Å². The minimum absolute atomic E-state index is 0. The van der Waals surface area contributed by atoms with E-state index in [9.17, 15) is 5.11 Å². The molecule has 3 heteroatoms. The van der Waals surface area contributed by atoms with Gasteiger partial charge in [-0.15, -0.1) is 12.4 Å². The molecule has 2 bridgehead atoms. The first kappa shape index (κ1) is 9.30. The lowest BCUT2D eigenvalue weighted by Crippen LogP contribution is -2.39. The maximum Gasteiger partial charge on any atom is 0.0651 e. The molecule has 0 radical (unpaired) electrons. The lowest BCUT2D eigenvalue weighted by Gasteiger charge is -2.30. The summed E-state index contributed by atoms with van der Waals surface area (Å²) in [6.07, 6.45) is 3.13. The normalized spacial score (nSPS) is 54.3. The first-order chi connectivity index (χ1) is 4.59. The molecule has 11 heavy (non-hydrogen) atoms. The summed E-state index contributed by atoms with van der Waals surface area (Å²) in [5.41, 5.74) is 5.44. The van der Waals surface area contributed by atoms with Gasteiger partial charge in [0.1, 0.15) is 0 Å². The van der Waals surface area contributed by atoms with Crippen LogP contribution in [0.1, 0.15) is 26.2 Å². The smallest absolute Gasteiger partial charge is 0.0651 e. The van der Waals surface area contributed by atoms with E-state index in [0.29, 0.717) is 17.9 Å². The molecule has 2 saturated carbocycles. The van der Waals surface area contributed by atoms with Gasteiger partial charge in [-0.05, 0) is 38.0 Å². The number of nitrogens with two attached hydrogens (primary N) is 1. The lowest BCUT2D eigenvalue weighted by atomic mass is 9.84. The maximum atomic E-state index is 9.75. The Balaban J connectivity index is 0.000000605. The first-order valence-electron chi connectivity index (χ1n) is 4.07. The second-order valence-electron chi connectivity index (χ2n) is 4.15. The average molecular weight is 178 g/mol. The Kier molecular flexibility index (Phi) is 2.21. The monoisotopic (exact) mass is 177 g/mol. The Bertz CT molecular complexity index is 158. The van der Waals surface area contributed by atoms with Crippen LogP contribution in [-0.2, 0) is 0 Å². The predicted octanol–water partition coefficient (Wildman–Crippen LogP) is 0.916. The van der Waals surface area contributed by atoms with E-state index in [4.69, 9.17) is 5.73 Å². The minimum atomic E-state index is -0.388. The fourth-order valence-electron chi connectivity index (χ4n) is 2.60. The molecule has 0 spiro atoms. The molecule has 0 aliphatic heterocycles. The number of fused-ring (bicyclic) bond motifs is 2. The van der Waals surface area contributed by atoms with Crippen LogP contribution in [0.3, 0.4) is 0 Å². The fourth-order valence-corrected chi connectivity index (χ4v) is 2.60. The Morgan fingerprint density at radius 3 is 2.36 bits per heavy atom. The number of halogens is 1. The van der Waals surface area contributed by atoms with Crippen molar-refractivity contribution in [2.75, 3.05) is 0 Å². The van der Waals surface area contributed by atoms with Gasteiger partial charge in [0.2, 0.25) is 0 Å². The van der Waals surface area contributed by atoms with Crippen LogP contribution >= 0.6 is 12.4 Å². The number of aliphatic hydroxyl groups is 1. The van der Waals surface area contributed by atoms with E-state index in [1.54, 1.807) is 0 Å². The van der Waals surface area contributed by atoms with Crippen molar-refractivity contribution < 1.29 is 5.11 Å². The Hall–Kier alpha value is 0.210. The summed E-state index contributed by atoms with van der Waals surface area (Å²) in [7, 11) is 0. The molecule has 66 valence electrons. The molecule has 0 aromatic rings. The van der Waals surface area contributed by atoms with Gasteiger partial charge < -0.3 is 10.8 Å². The molecule has 2 aliphatic carbocycles. The average Bonchev–Trinajstić information content (AvgIpc) is 2.21. The third kappa shape index (κ3) is 1.28. The summed E-state index contributed by atoms with van der Waals surface area (Å²) >= 11 is 0. The van der Waals surface area contributed by atoms with Gasteiger partial charge >= 0.3 is 0 Å². The summed E-state index contributed by atoms with van der Waals surface area (Å²) in [4.78, 5) is 0. The molecule has 0 aromatic heterocycles. The highest BCUT2D eigenvalue weighted by molar-refractivity contribution is 5.85. The molecule has 0 unspecified atom stereocenters. The maximum absolute atomic E-state index is 9.75. The molecule has 0 saturated heterocycles. The molecule has 2 rings (SSSR count). The second-order valence-corrected chi connectivity index (χ2v) is 4.15. The summed E-state index contributed by atoms with van der Waals surface area (Å²) in [5, 5.41) is 9.75. The number of rotatable bonds is 0. The van der Waals surface area contributed by atoms with Crippen molar-refractivity contribution in [3.05, 3.63) is 0 Å². The van der Waals surface area contributed by atoms with E-state index in [1.165, 1.54) is 0 Å². The minimum Gasteiger partial charge on any atom is -0.390 e. The zero-order chi connectivity index (χ0) is 7.35. The van der Waals surface area contributed by atoms with Crippen LogP contribution < -0.4 is 5.73 Å². The predicted molar refractivity (Wildman–Crippen MR) is 46.7 cm³/mol. The highest BCUT2D eigenvalue weighted by atomic mass is 35.5. The molecule has 4 atom stereocenters. The quantitative estimate of drug-likeness (QED) is 0.578. The summed E-state index contributed by atoms with van der Waals surface area (Å²) < 4.78 is 0. The molecular weight excluding hydrogens is 162 g/mol. The molecular formula is C8H16ClNO. The van der Waals surface area contributed by atoms with Crippen LogP contribution in [0.25, 0.3) is 0 Å². The highest BCUT2D eigenvalue weighted by Gasteiger charge is 2.50. The SMILES string of the molecule is C[C@@]1(O)C[C@@H]2C[C@H]1C[C@@H]2N.Cl. The van der Waals surface area contributed by atoms with E-state index in [2.05, 4.69) is 0 Å². The molecule has 0 amide bonds. The second kappa shape index (κ2) is 2.61. The van der Waals surface area contributed by atoms with Crippen molar-refractivity contribution in [3.8, 4) is 0 Å². The number of hydrogen-bond donors (Lipinski definition) is 2. The van der Waals surface area contributed by atoms with Crippen LogP contribution in [0.5, 0.6) is 0 Å². The van der Waals surface area contributed by atoms with Gasteiger partial charge in [-0.25, -0.2) is 0 Å². The number of hydrogen-bond acceptors (Lipinski definition) is 2. The topological polar surface area (TPSA) is 46.2 Å². The lowest BCUT2D eigenvalue weighted by molar-refractivity contribution is 0.00155. The van der Waals surface area contributed by atoms with Gasteiger partial charge in [0.25, 0.3) is 0 Å². The van der Waals surface area contributed by atoms with E-state index >= 15 is 0 Å². The van der Waals surface area contributed by atoms with Gasteiger partial charge in [-0.2, -0.15) is 0 Å². The Morgan fingerprint density at radius 2 is 2.09 bits per heavy atom. The fraction of sp³-hybridized carbons (Fsp3) is 1.00. The van der Waals surface area contributed by atoms with E-state index < -0.39 is 0 Å². The first-order valence-corrected chi connectivity index (χ1v) is 4.07. The zero-order valence-corrected chi connectivity index (χ0v) is 7.60. The van der Waals surface area contributed by atoms with Gasteiger partial charge in [-0.1, -0.05) is 0 Å². The van der Waals surface area contributed by atoms with Gasteiger partial charge in [0.15, 0.2) is 0 Å². The third-order valence-electron chi connectivity index (χ3n) is 3.30. The van der Waals surface area contributed by atoms with E-state index in [-0.39, 0.29) is 18.0 Å². The van der Waals surface area contributed by atoms with Crippen molar-refractivity contribution in [1.82, 2.24) is 0 Å². The van der Waals surface area contributed by atoms with E-state index in [1.807, 2.05) is 6.92 Å². The Morgan fingerprint density at radius 1 is 1.45 bits per heavy atom. The third-order valence-corrected chi connectivity index (χ3v) is 3.30. The molecule has 3 N–H and O–H groups in total. The summed E-state index contributed by atoms with van der Waals surface area (Å²) in [6.45, 7) is 1.95. The van der Waals surface area contributed by atoms with Crippen molar-refractivity contribution in [3.63, 3.8) is 0 Å². The molecule has 2 fully saturated rings. The van der Waals surface area contributed by atoms with E-state index in [0.717, 1.165) is 19.3 Å². The van der Waals surface area contributed by atoms with Crippen LogP contribution in [0, 0.1) is 11.8 Å². The van der Waals surface area contributed by atoms with Gasteiger partial charge in [0, 0.05) is 6.04 Å². The molecule has 2 nitrogen and oxygen atoms in total. The van der Waals surface area contributed by atoms with Crippen LogP contribution in [-0.4, -0.2) is 16.7 Å². The summed E-state index contributed by atoms with van der Waals surface area (Å²) in [5.74, 6) is 1.10. The van der Waals surface area contributed by atoms with Crippen LogP contribution in [0.15, 0.2) is 0 Å². The van der Waals surface area contributed by atoms with Crippen molar-refractivity contribution in [2.24, 2.45) is 17.6 Å². The Labute approximate surface area is 73.6 Å². The van der Waals surface area contributed by atoms with Gasteiger partial charge in [-0.3, -0.25) is 0 Å². The molecule has 0 heterocycles. The summed E-state index contributed by atoms with van der Waals surface area (Å²) in [6, 6.07) is 0.380. The van der Waals surface area contributed by atoms with Crippen LogP contribution in [0.2, 0.25) is 0 Å². The highest BCUT2D eigenvalue weighted by Crippen LogP contribution is 2.49. The largest absolute Gasteiger partial charge is 0.390 e.